The largest absolute Gasteiger partial charge is 0.0495 e. The maximum Gasteiger partial charge on any atom is 0.0466 e. The maximum absolute atomic E-state index is 3.59. The fourth-order valence-electron chi connectivity index (χ4n) is 1.31. The molecule has 16 heavy (non-hydrogen) atoms. The van der Waals surface area contributed by atoms with Gasteiger partial charge < -0.3 is 0 Å². The fourth-order valence-corrected chi connectivity index (χ4v) is 4.89. The normalized spacial score (nSPS) is 11.1. The van der Waals surface area contributed by atoms with Gasteiger partial charge in [-0.05, 0) is 102 Å². The summed E-state index contributed by atoms with van der Waals surface area (Å²) in [6, 6.07) is 5.23. The molecule has 0 atom stereocenters. The predicted octanol–water partition coefficient (Wildman–Crippen LogP) is 7.21. The lowest BCUT2D eigenvalue weighted by Gasteiger charge is -2.10. The minimum atomic E-state index is 0.891. The van der Waals surface area contributed by atoms with Crippen molar-refractivity contribution >= 4 is 106 Å². The summed E-state index contributed by atoms with van der Waals surface area (Å²) in [5.74, 6) is 0. The van der Waals surface area contributed by atoms with E-state index in [1.54, 1.807) is 0 Å². The summed E-state index contributed by atoms with van der Waals surface area (Å²) in [4.78, 5) is 0. The molecule has 0 saturated carbocycles. The third-order valence-corrected chi connectivity index (χ3v) is 7.88. The van der Waals surface area contributed by atoms with Gasteiger partial charge in [0.15, 0.2) is 0 Å². The highest BCUT2D eigenvalue weighted by Crippen LogP contribution is 2.45. The Morgan fingerprint density at radius 3 is 2.00 bits per heavy atom. The van der Waals surface area contributed by atoms with E-state index in [4.69, 9.17) is 0 Å². The minimum Gasteiger partial charge on any atom is -0.0495 e. The molecule has 2 aromatic carbocycles. The van der Waals surface area contributed by atoms with Crippen molar-refractivity contribution in [2.24, 2.45) is 0 Å². The van der Waals surface area contributed by atoms with Crippen molar-refractivity contribution < 1.29 is 0 Å². The predicted molar refractivity (Wildman–Crippen MR) is 89.0 cm³/mol. The zero-order valence-electron chi connectivity index (χ0n) is 7.35. The van der Waals surface area contributed by atoms with Gasteiger partial charge in [-0.15, -0.1) is 0 Å². The molecule has 0 amide bonds. The van der Waals surface area contributed by atoms with E-state index < -0.39 is 0 Å². The van der Waals surface area contributed by atoms with Crippen LogP contribution in [-0.4, -0.2) is 0 Å². The summed E-state index contributed by atoms with van der Waals surface area (Å²) < 4.78 is 5.78. The van der Waals surface area contributed by atoms with Gasteiger partial charge in [-0.2, -0.15) is 0 Å². The maximum atomic E-state index is 3.59. The van der Waals surface area contributed by atoms with Crippen molar-refractivity contribution in [3.8, 4) is 0 Å². The molecule has 0 aromatic heterocycles. The number of rotatable bonds is 0. The van der Waals surface area contributed by atoms with Crippen LogP contribution in [0, 0.1) is 6.07 Å². The van der Waals surface area contributed by atoms with Crippen LogP contribution in [0.5, 0.6) is 0 Å². The van der Waals surface area contributed by atoms with Gasteiger partial charge in [0.05, 0.1) is 0 Å². The molecule has 0 unspecified atom stereocenters. The van der Waals surface area contributed by atoms with E-state index in [-0.39, 0.29) is 0 Å². The van der Waals surface area contributed by atoms with Gasteiger partial charge in [-0.3, -0.25) is 0 Å². The SMILES string of the molecule is Brc1[c]c(Br)c2cc(Br)c(Br)c(Br)c2c1Br. The van der Waals surface area contributed by atoms with Gasteiger partial charge in [-0.1, -0.05) is 0 Å². The van der Waals surface area contributed by atoms with E-state index in [9.17, 15) is 0 Å². The first kappa shape index (κ1) is 14.0. The summed E-state index contributed by atoms with van der Waals surface area (Å²) in [5, 5.41) is 2.17. The Morgan fingerprint density at radius 2 is 1.38 bits per heavy atom. The van der Waals surface area contributed by atoms with Crippen molar-refractivity contribution in [3.05, 3.63) is 39.0 Å². The molecule has 0 nitrogen and oxygen atoms in total. The summed E-state index contributed by atoms with van der Waals surface area (Å²) in [6.45, 7) is 0. The smallest absolute Gasteiger partial charge is 0.0466 e. The number of hydrogen-bond acceptors (Lipinski definition) is 0. The van der Waals surface area contributed by atoms with E-state index in [2.05, 4.69) is 102 Å². The molecular weight excluding hydrogens is 600 g/mol. The number of halogens is 6. The van der Waals surface area contributed by atoms with Crippen molar-refractivity contribution in [2.75, 3.05) is 0 Å². The van der Waals surface area contributed by atoms with Crippen LogP contribution in [0.1, 0.15) is 0 Å². The Bertz CT molecular complexity index is 590. The molecule has 0 saturated heterocycles. The monoisotopic (exact) mass is 595 g/mol. The summed E-state index contributed by atoms with van der Waals surface area (Å²) in [5.41, 5.74) is 0. The number of fused-ring (bicyclic) bond motifs is 1. The summed E-state index contributed by atoms with van der Waals surface area (Å²) in [6.07, 6.45) is 0. The quantitative estimate of drug-likeness (QED) is 0.222. The molecule has 2 aromatic rings. The Kier molecular flexibility index (Phi) is 4.63. The molecule has 0 bridgehead atoms. The molecule has 2 rings (SSSR count). The van der Waals surface area contributed by atoms with Crippen molar-refractivity contribution in [1.82, 2.24) is 0 Å². The van der Waals surface area contributed by atoms with Gasteiger partial charge in [0.2, 0.25) is 0 Å². The third-order valence-electron chi connectivity index (χ3n) is 2.03. The lowest BCUT2D eigenvalue weighted by Crippen LogP contribution is -1.84. The van der Waals surface area contributed by atoms with Gasteiger partial charge >= 0.3 is 0 Å². The molecule has 83 valence electrons. The standard InChI is InChI=1S/C10HBr6/c11-4-2-6(13)8(14)7-3(4)1-5(12)9(15)10(7)16/h1H. The average Bonchev–Trinajstić information content (AvgIpc) is 2.22. The van der Waals surface area contributed by atoms with Crippen LogP contribution in [-0.2, 0) is 0 Å². The fraction of sp³-hybridized carbons (Fsp3) is 0. The molecule has 0 spiro atoms. The molecule has 0 N–H and O–H groups in total. The lowest BCUT2D eigenvalue weighted by atomic mass is 10.1. The highest BCUT2D eigenvalue weighted by molar-refractivity contribution is 9.14. The lowest BCUT2D eigenvalue weighted by molar-refractivity contribution is 1.54. The Hall–Kier alpha value is 1.58. The molecular formula is C10HBr6. The first-order valence-electron chi connectivity index (χ1n) is 3.96. The van der Waals surface area contributed by atoms with Gasteiger partial charge in [-0.25, -0.2) is 0 Å². The highest BCUT2D eigenvalue weighted by atomic mass is 79.9. The van der Waals surface area contributed by atoms with Crippen LogP contribution in [0.15, 0.2) is 32.9 Å². The van der Waals surface area contributed by atoms with Crippen LogP contribution >= 0.6 is 95.6 Å². The summed E-state index contributed by atoms with van der Waals surface area (Å²) in [7, 11) is 0. The molecule has 0 heterocycles. The molecule has 0 fully saturated rings. The number of hydrogen-bond donors (Lipinski definition) is 0. The average molecular weight is 601 g/mol. The number of benzene rings is 2. The van der Waals surface area contributed by atoms with Crippen LogP contribution in [0.3, 0.4) is 0 Å². The van der Waals surface area contributed by atoms with E-state index in [0.717, 1.165) is 37.6 Å². The molecule has 0 aliphatic carbocycles. The summed E-state index contributed by atoms with van der Waals surface area (Å²) >= 11 is 21.2. The van der Waals surface area contributed by atoms with Crippen LogP contribution in [0.25, 0.3) is 10.8 Å². The van der Waals surface area contributed by atoms with E-state index in [0.29, 0.717) is 0 Å². The van der Waals surface area contributed by atoms with Crippen molar-refractivity contribution in [3.63, 3.8) is 0 Å². The Morgan fingerprint density at radius 1 is 0.750 bits per heavy atom. The van der Waals surface area contributed by atoms with Crippen LogP contribution in [0.2, 0.25) is 0 Å². The second kappa shape index (κ2) is 5.29. The second-order valence-corrected chi connectivity index (χ2v) is 7.80. The Labute approximate surface area is 143 Å². The van der Waals surface area contributed by atoms with Gasteiger partial charge in [0.1, 0.15) is 0 Å². The zero-order valence-corrected chi connectivity index (χ0v) is 16.9. The van der Waals surface area contributed by atoms with E-state index in [1.807, 2.05) is 6.07 Å². The van der Waals surface area contributed by atoms with Crippen molar-refractivity contribution in [2.45, 2.75) is 0 Å². The molecule has 1 radical (unpaired) electrons. The first-order valence-corrected chi connectivity index (χ1v) is 8.72. The third kappa shape index (κ3) is 2.35. The topological polar surface area (TPSA) is 0 Å². The highest BCUT2D eigenvalue weighted by Gasteiger charge is 2.15. The molecule has 0 aliphatic heterocycles. The minimum absolute atomic E-state index is 0.891. The second-order valence-electron chi connectivity index (χ2n) is 2.98. The van der Waals surface area contributed by atoms with E-state index in [1.165, 1.54) is 0 Å². The van der Waals surface area contributed by atoms with Crippen LogP contribution in [0.4, 0.5) is 0 Å². The zero-order chi connectivity index (χ0) is 12.0. The van der Waals surface area contributed by atoms with Crippen LogP contribution < -0.4 is 0 Å². The van der Waals surface area contributed by atoms with Crippen molar-refractivity contribution in [1.29, 1.82) is 0 Å². The molecule has 0 aliphatic rings. The van der Waals surface area contributed by atoms with Gasteiger partial charge in [0, 0.05) is 43.7 Å². The van der Waals surface area contributed by atoms with E-state index >= 15 is 0 Å². The first-order chi connectivity index (χ1) is 7.43. The molecule has 6 heteroatoms. The Balaban J connectivity index is 3.07. The van der Waals surface area contributed by atoms with Gasteiger partial charge in [0.25, 0.3) is 0 Å².